The molecule has 14 heavy (non-hydrogen) atoms. The van der Waals surface area contributed by atoms with Crippen molar-refractivity contribution in [1.29, 1.82) is 0 Å². The highest BCUT2D eigenvalue weighted by Crippen LogP contribution is 2.06. The number of rotatable bonds is 3. The average Bonchev–Trinajstić information content (AvgIpc) is 2.57. The first-order chi connectivity index (χ1) is 6.75. The molecule has 0 unspecified atom stereocenters. The first-order valence-corrected chi connectivity index (χ1v) is 4.55. The standard InChI is InChI=1S/C9H13N5/c1-14(2)4-3-8-12-7-5-10-6-11-9(7)13-8/h5-6H,3-4H2,1-2H3,(H,10,11,12,13). The third-order valence-electron chi connectivity index (χ3n) is 2.01. The van der Waals surface area contributed by atoms with Crippen molar-refractivity contribution in [3.63, 3.8) is 0 Å². The van der Waals surface area contributed by atoms with E-state index < -0.39 is 0 Å². The van der Waals surface area contributed by atoms with Crippen LogP contribution in [0.4, 0.5) is 0 Å². The summed E-state index contributed by atoms with van der Waals surface area (Å²) in [6.45, 7) is 0.979. The summed E-state index contributed by atoms with van der Waals surface area (Å²) in [5, 5.41) is 0. The van der Waals surface area contributed by atoms with E-state index in [4.69, 9.17) is 0 Å². The molecule has 2 aromatic rings. The third-order valence-corrected chi connectivity index (χ3v) is 2.01. The van der Waals surface area contributed by atoms with Crippen LogP contribution in [0.5, 0.6) is 0 Å². The molecular weight excluding hydrogens is 178 g/mol. The summed E-state index contributed by atoms with van der Waals surface area (Å²) in [5.74, 6) is 0.967. The maximum atomic E-state index is 4.35. The summed E-state index contributed by atoms with van der Waals surface area (Å²) >= 11 is 0. The lowest BCUT2D eigenvalue weighted by molar-refractivity contribution is 0.410. The molecule has 0 fully saturated rings. The first-order valence-electron chi connectivity index (χ1n) is 4.55. The Morgan fingerprint density at radius 2 is 2.29 bits per heavy atom. The maximum absolute atomic E-state index is 4.35. The second kappa shape index (κ2) is 3.71. The van der Waals surface area contributed by atoms with Crippen molar-refractivity contribution in [1.82, 2.24) is 24.8 Å². The molecule has 2 heterocycles. The van der Waals surface area contributed by atoms with Crippen molar-refractivity contribution in [2.45, 2.75) is 6.42 Å². The van der Waals surface area contributed by atoms with Gasteiger partial charge in [-0.1, -0.05) is 0 Å². The van der Waals surface area contributed by atoms with Gasteiger partial charge in [0.15, 0.2) is 5.65 Å². The van der Waals surface area contributed by atoms with Crippen LogP contribution in [0.2, 0.25) is 0 Å². The quantitative estimate of drug-likeness (QED) is 0.765. The van der Waals surface area contributed by atoms with E-state index in [0.29, 0.717) is 0 Å². The zero-order chi connectivity index (χ0) is 9.97. The van der Waals surface area contributed by atoms with Crippen LogP contribution in [0.1, 0.15) is 5.82 Å². The molecule has 0 radical (unpaired) electrons. The molecule has 0 amide bonds. The molecule has 0 aliphatic heterocycles. The van der Waals surface area contributed by atoms with Crippen molar-refractivity contribution >= 4 is 11.2 Å². The van der Waals surface area contributed by atoms with Crippen LogP contribution in [-0.4, -0.2) is 45.5 Å². The summed E-state index contributed by atoms with van der Waals surface area (Å²) in [6.07, 6.45) is 4.16. The Bertz CT molecular complexity index is 387. The van der Waals surface area contributed by atoms with E-state index in [1.807, 2.05) is 14.1 Å². The molecule has 5 heteroatoms. The Balaban J connectivity index is 2.19. The first kappa shape index (κ1) is 9.08. The molecule has 0 bridgehead atoms. The van der Waals surface area contributed by atoms with Crippen molar-refractivity contribution in [3.8, 4) is 0 Å². The van der Waals surface area contributed by atoms with Gasteiger partial charge in [-0.25, -0.2) is 15.0 Å². The van der Waals surface area contributed by atoms with Gasteiger partial charge >= 0.3 is 0 Å². The van der Waals surface area contributed by atoms with Crippen LogP contribution in [0.25, 0.3) is 11.2 Å². The molecule has 0 saturated carbocycles. The molecule has 74 valence electrons. The molecule has 0 spiro atoms. The molecular formula is C9H13N5. The summed E-state index contributed by atoms with van der Waals surface area (Å²) in [5.41, 5.74) is 1.65. The Hall–Kier alpha value is -1.49. The fourth-order valence-electron chi connectivity index (χ4n) is 1.26. The second-order valence-electron chi connectivity index (χ2n) is 3.50. The predicted molar refractivity (Wildman–Crippen MR) is 53.9 cm³/mol. The van der Waals surface area contributed by atoms with E-state index >= 15 is 0 Å². The number of nitrogens with one attached hydrogen (secondary N) is 1. The van der Waals surface area contributed by atoms with Crippen LogP contribution in [0, 0.1) is 0 Å². The molecule has 0 aliphatic rings. The summed E-state index contributed by atoms with van der Waals surface area (Å²) in [7, 11) is 4.09. The van der Waals surface area contributed by atoms with E-state index in [1.54, 1.807) is 6.20 Å². The summed E-state index contributed by atoms with van der Waals surface area (Å²) in [6, 6.07) is 0. The lowest BCUT2D eigenvalue weighted by Crippen LogP contribution is -2.15. The summed E-state index contributed by atoms with van der Waals surface area (Å²) in [4.78, 5) is 17.7. The monoisotopic (exact) mass is 191 g/mol. The van der Waals surface area contributed by atoms with Gasteiger partial charge in [-0.2, -0.15) is 0 Å². The molecule has 2 aromatic heterocycles. The number of fused-ring (bicyclic) bond motifs is 1. The number of likely N-dealkylation sites (N-methyl/N-ethyl adjacent to an activating group) is 1. The largest absolute Gasteiger partial charge is 0.339 e. The summed E-state index contributed by atoms with van der Waals surface area (Å²) < 4.78 is 0. The number of hydrogen-bond donors (Lipinski definition) is 1. The van der Waals surface area contributed by atoms with E-state index in [-0.39, 0.29) is 0 Å². The SMILES string of the molecule is CN(C)CCc1nc2ncncc2[nH]1. The highest BCUT2D eigenvalue weighted by Gasteiger charge is 2.03. The molecule has 1 N–H and O–H groups in total. The molecule has 2 rings (SSSR count). The fraction of sp³-hybridized carbons (Fsp3) is 0.444. The highest BCUT2D eigenvalue weighted by molar-refractivity contribution is 5.68. The van der Waals surface area contributed by atoms with E-state index in [9.17, 15) is 0 Å². The van der Waals surface area contributed by atoms with Gasteiger partial charge in [0.1, 0.15) is 17.7 Å². The van der Waals surface area contributed by atoms with Gasteiger partial charge in [-0.05, 0) is 14.1 Å². The van der Waals surface area contributed by atoms with Crippen molar-refractivity contribution < 1.29 is 0 Å². The van der Waals surface area contributed by atoms with Gasteiger partial charge in [0.05, 0.1) is 6.20 Å². The number of hydrogen-bond acceptors (Lipinski definition) is 4. The lowest BCUT2D eigenvalue weighted by Gasteiger charge is -2.06. The normalized spacial score (nSPS) is 11.4. The zero-order valence-corrected chi connectivity index (χ0v) is 8.36. The maximum Gasteiger partial charge on any atom is 0.180 e. The Labute approximate surface area is 82.2 Å². The smallest absolute Gasteiger partial charge is 0.180 e. The minimum absolute atomic E-state index is 0.744. The van der Waals surface area contributed by atoms with Crippen molar-refractivity contribution in [2.75, 3.05) is 20.6 Å². The average molecular weight is 191 g/mol. The number of aromatic amines is 1. The predicted octanol–water partition coefficient (Wildman–Crippen LogP) is 0.457. The third kappa shape index (κ3) is 1.88. The van der Waals surface area contributed by atoms with E-state index in [2.05, 4.69) is 24.8 Å². The Kier molecular flexibility index (Phi) is 2.41. The highest BCUT2D eigenvalue weighted by atomic mass is 15.1. The van der Waals surface area contributed by atoms with Gasteiger partial charge in [0, 0.05) is 13.0 Å². The molecule has 0 aliphatic carbocycles. The van der Waals surface area contributed by atoms with Crippen molar-refractivity contribution in [3.05, 3.63) is 18.3 Å². The van der Waals surface area contributed by atoms with Crippen LogP contribution in [-0.2, 0) is 6.42 Å². The fourth-order valence-corrected chi connectivity index (χ4v) is 1.26. The second-order valence-corrected chi connectivity index (χ2v) is 3.50. The van der Waals surface area contributed by atoms with Crippen LogP contribution in [0.15, 0.2) is 12.5 Å². The minimum Gasteiger partial charge on any atom is -0.339 e. The van der Waals surface area contributed by atoms with Gasteiger partial charge in [0.2, 0.25) is 0 Å². The zero-order valence-electron chi connectivity index (χ0n) is 8.36. The molecule has 5 nitrogen and oxygen atoms in total. The molecule has 0 saturated heterocycles. The number of nitrogens with zero attached hydrogens (tertiary/aromatic N) is 4. The van der Waals surface area contributed by atoms with E-state index in [0.717, 1.165) is 30.0 Å². The number of aromatic nitrogens is 4. The van der Waals surface area contributed by atoms with Crippen LogP contribution in [0.3, 0.4) is 0 Å². The lowest BCUT2D eigenvalue weighted by atomic mass is 10.4. The topological polar surface area (TPSA) is 57.7 Å². The minimum atomic E-state index is 0.744. The van der Waals surface area contributed by atoms with Gasteiger partial charge < -0.3 is 9.88 Å². The number of H-pyrrole nitrogens is 1. The number of imidazole rings is 1. The van der Waals surface area contributed by atoms with Gasteiger partial charge in [0.25, 0.3) is 0 Å². The van der Waals surface area contributed by atoms with E-state index in [1.165, 1.54) is 6.33 Å². The van der Waals surface area contributed by atoms with Gasteiger partial charge in [-0.3, -0.25) is 0 Å². The van der Waals surface area contributed by atoms with Crippen molar-refractivity contribution in [2.24, 2.45) is 0 Å². The molecule has 0 atom stereocenters. The van der Waals surface area contributed by atoms with Crippen LogP contribution >= 0.6 is 0 Å². The Morgan fingerprint density at radius 1 is 1.43 bits per heavy atom. The molecule has 0 aromatic carbocycles. The Morgan fingerprint density at radius 3 is 3.00 bits per heavy atom. The van der Waals surface area contributed by atoms with Crippen LogP contribution < -0.4 is 0 Å². The van der Waals surface area contributed by atoms with Gasteiger partial charge in [-0.15, -0.1) is 0 Å².